The fourth-order valence-corrected chi connectivity index (χ4v) is 0. The molecule has 0 unspecified atom stereocenters. The van der Waals surface area contributed by atoms with Crippen LogP contribution in [0.5, 0.6) is 0 Å². The number of rotatable bonds is 1. The molecule has 14 heavy (non-hydrogen) atoms. The van der Waals surface area contributed by atoms with Crippen molar-refractivity contribution in [3.63, 3.8) is 0 Å². The molecule has 0 rings (SSSR count). The Morgan fingerprint density at radius 3 is 1.36 bits per heavy atom. The predicted molar refractivity (Wildman–Crippen MR) is 39.1 cm³/mol. The largest absolute Gasteiger partial charge is 0.478 e. The van der Waals surface area contributed by atoms with E-state index in [1.54, 1.807) is 0 Å². The summed E-state index contributed by atoms with van der Waals surface area (Å²) in [5.74, 6) is -5.50. The van der Waals surface area contributed by atoms with Crippen LogP contribution in [-0.4, -0.2) is 23.2 Å². The van der Waals surface area contributed by atoms with E-state index >= 15 is 0 Å². The Hall–Kier alpha value is -1.14. The van der Waals surface area contributed by atoms with E-state index in [9.17, 15) is 26.7 Å². The minimum Gasteiger partial charge on any atom is -0.478 e. The fraction of sp³-hybridized carbons (Fsp3) is 0.571. The summed E-state index contributed by atoms with van der Waals surface area (Å²) in [6.07, 6.45) is -5.40. The van der Waals surface area contributed by atoms with Crippen molar-refractivity contribution in [2.24, 2.45) is 0 Å². The van der Waals surface area contributed by atoms with E-state index in [0.717, 1.165) is 0 Å². The van der Waals surface area contributed by atoms with Crippen LogP contribution in [-0.2, 0) is 4.79 Å². The number of carboxylic acid groups (broad SMARTS) is 1. The van der Waals surface area contributed by atoms with Crippen molar-refractivity contribution in [1.29, 1.82) is 0 Å². The van der Waals surface area contributed by atoms with Crippen molar-refractivity contribution in [3.8, 4) is 0 Å². The molecule has 7 heteroatoms. The summed E-state index contributed by atoms with van der Waals surface area (Å²) in [6, 6.07) is 0. The normalized spacial score (nSPS) is 11.4. The molecule has 0 saturated carbocycles. The van der Waals surface area contributed by atoms with E-state index in [4.69, 9.17) is 5.11 Å². The van der Waals surface area contributed by atoms with Crippen LogP contribution in [0.25, 0.3) is 0 Å². The first kappa shape index (κ1) is 15.3. The first-order chi connectivity index (χ1) is 5.89. The van der Waals surface area contributed by atoms with Crippen LogP contribution in [0.2, 0.25) is 0 Å². The van der Waals surface area contributed by atoms with Gasteiger partial charge in [-0.05, 0) is 6.92 Å². The van der Waals surface area contributed by atoms with Gasteiger partial charge in [-0.1, -0.05) is 6.58 Å². The molecule has 0 spiro atoms. The summed E-state index contributed by atoms with van der Waals surface area (Å²) in [6.45, 7) is 4.41. The van der Waals surface area contributed by atoms with Gasteiger partial charge in [0.05, 0.1) is 0 Å². The average molecular weight is 220 g/mol. The van der Waals surface area contributed by atoms with Gasteiger partial charge in [0.2, 0.25) is 0 Å². The smallest absolute Gasteiger partial charge is 0.452 e. The van der Waals surface area contributed by atoms with E-state index in [1.807, 2.05) is 0 Å². The molecule has 0 saturated heterocycles. The fourth-order valence-electron chi connectivity index (χ4n) is 0. The number of aliphatic carboxylic acids is 1. The lowest BCUT2D eigenvalue weighted by Crippen LogP contribution is -2.32. The second-order valence-corrected chi connectivity index (χ2v) is 2.47. The summed E-state index contributed by atoms with van der Waals surface area (Å²) in [7, 11) is 0. The lowest BCUT2D eigenvalue weighted by atomic mass is 10.4. The second-order valence-electron chi connectivity index (χ2n) is 2.47. The van der Waals surface area contributed by atoms with Crippen molar-refractivity contribution in [3.05, 3.63) is 12.2 Å². The first-order valence-corrected chi connectivity index (χ1v) is 3.23. The number of halogens is 5. The number of carbonyl (C=O) groups is 1. The van der Waals surface area contributed by atoms with Crippen molar-refractivity contribution in [1.82, 2.24) is 0 Å². The molecule has 0 aliphatic heterocycles. The highest BCUT2D eigenvalue weighted by molar-refractivity contribution is 5.84. The number of hydrogen-bond acceptors (Lipinski definition) is 1. The van der Waals surface area contributed by atoms with Gasteiger partial charge in [0.1, 0.15) is 0 Å². The van der Waals surface area contributed by atoms with Gasteiger partial charge in [-0.2, -0.15) is 22.0 Å². The van der Waals surface area contributed by atoms with Gasteiger partial charge in [-0.15, -0.1) is 0 Å². The lowest BCUT2D eigenvalue weighted by Gasteiger charge is -2.12. The van der Waals surface area contributed by atoms with Crippen LogP contribution < -0.4 is 0 Å². The zero-order valence-electron chi connectivity index (χ0n) is 7.45. The Labute approximate surface area is 77.0 Å². The van der Waals surface area contributed by atoms with Crippen LogP contribution in [0.15, 0.2) is 12.2 Å². The Kier molecular flexibility index (Phi) is 5.39. The van der Waals surface area contributed by atoms with E-state index in [0.29, 0.717) is 0 Å². The van der Waals surface area contributed by atoms with Gasteiger partial charge in [-0.3, -0.25) is 0 Å². The van der Waals surface area contributed by atoms with Gasteiger partial charge in [0.15, 0.2) is 0 Å². The Morgan fingerprint density at radius 2 is 1.36 bits per heavy atom. The quantitative estimate of drug-likeness (QED) is 0.545. The maximum Gasteiger partial charge on any atom is 0.452 e. The first-order valence-electron chi connectivity index (χ1n) is 3.23. The Morgan fingerprint density at radius 1 is 1.21 bits per heavy atom. The minimum atomic E-state index is -5.40. The molecule has 0 radical (unpaired) electrons. The molecule has 0 bridgehead atoms. The summed E-state index contributed by atoms with van der Waals surface area (Å²) in [5, 5.41) is 7.89. The standard InChI is InChI=1S/C4H6O2.C3H3F5/c1-3(2)4(5)6;1-2(4,5)3(6,7)8/h1H2,2H3,(H,5,6);1H3. The Balaban J connectivity index is 0. The summed E-state index contributed by atoms with van der Waals surface area (Å²) in [5.41, 5.74) is 0.176. The number of hydrogen-bond donors (Lipinski definition) is 1. The lowest BCUT2D eigenvalue weighted by molar-refractivity contribution is -0.273. The van der Waals surface area contributed by atoms with Gasteiger partial charge >= 0.3 is 18.1 Å². The third-order valence-electron chi connectivity index (χ3n) is 0.863. The van der Waals surface area contributed by atoms with Crippen LogP contribution in [0.4, 0.5) is 22.0 Å². The average Bonchev–Trinajstić information content (AvgIpc) is 1.83. The van der Waals surface area contributed by atoms with Gasteiger partial charge in [0.25, 0.3) is 0 Å². The molecule has 0 atom stereocenters. The van der Waals surface area contributed by atoms with Crippen molar-refractivity contribution >= 4 is 5.97 Å². The molecule has 84 valence electrons. The van der Waals surface area contributed by atoms with E-state index in [-0.39, 0.29) is 12.5 Å². The summed E-state index contributed by atoms with van der Waals surface area (Å²) < 4.78 is 54.6. The molecule has 0 aromatic heterocycles. The second kappa shape index (κ2) is 4.92. The highest BCUT2D eigenvalue weighted by Crippen LogP contribution is 2.34. The molecule has 0 aromatic rings. The van der Waals surface area contributed by atoms with Crippen molar-refractivity contribution in [2.75, 3.05) is 0 Å². The molecule has 1 N–H and O–H groups in total. The molecular weight excluding hydrogens is 211 g/mol. The van der Waals surface area contributed by atoms with E-state index in [2.05, 4.69) is 6.58 Å². The van der Waals surface area contributed by atoms with Crippen molar-refractivity contribution in [2.45, 2.75) is 25.9 Å². The maximum atomic E-state index is 11.1. The van der Waals surface area contributed by atoms with E-state index in [1.165, 1.54) is 6.92 Å². The number of carboxylic acids is 1. The maximum absolute atomic E-state index is 11.1. The molecular formula is C7H9F5O2. The molecule has 0 aliphatic carbocycles. The SMILES string of the molecule is C=C(C)C(=O)O.CC(F)(F)C(F)(F)F. The molecule has 0 amide bonds. The highest BCUT2D eigenvalue weighted by Gasteiger charge is 2.52. The third-order valence-corrected chi connectivity index (χ3v) is 0.863. The number of alkyl halides is 5. The van der Waals surface area contributed by atoms with Crippen molar-refractivity contribution < 1.29 is 31.9 Å². The monoisotopic (exact) mass is 220 g/mol. The van der Waals surface area contributed by atoms with Crippen LogP contribution in [0.1, 0.15) is 13.8 Å². The zero-order valence-corrected chi connectivity index (χ0v) is 7.45. The molecule has 0 heterocycles. The van der Waals surface area contributed by atoms with Crippen LogP contribution >= 0.6 is 0 Å². The van der Waals surface area contributed by atoms with Gasteiger partial charge in [0, 0.05) is 12.5 Å². The van der Waals surface area contributed by atoms with Crippen LogP contribution in [0, 0.1) is 0 Å². The Bertz CT molecular complexity index is 189. The highest BCUT2D eigenvalue weighted by atomic mass is 19.4. The zero-order chi connectivity index (χ0) is 12.2. The molecule has 2 nitrogen and oxygen atoms in total. The van der Waals surface area contributed by atoms with Gasteiger partial charge in [-0.25, -0.2) is 4.79 Å². The minimum absolute atomic E-state index is 0.176. The molecule has 0 aromatic carbocycles. The summed E-state index contributed by atoms with van der Waals surface area (Å²) in [4.78, 5) is 9.60. The molecule has 0 fully saturated rings. The topological polar surface area (TPSA) is 37.3 Å². The predicted octanol–water partition coefficient (Wildman–Crippen LogP) is 2.85. The van der Waals surface area contributed by atoms with E-state index < -0.39 is 18.1 Å². The summed E-state index contributed by atoms with van der Waals surface area (Å²) >= 11 is 0. The van der Waals surface area contributed by atoms with Crippen LogP contribution in [0.3, 0.4) is 0 Å². The van der Waals surface area contributed by atoms with Gasteiger partial charge < -0.3 is 5.11 Å². The third kappa shape index (κ3) is 7.51. The molecule has 0 aliphatic rings.